The van der Waals surface area contributed by atoms with E-state index in [1.54, 1.807) is 0 Å². The summed E-state index contributed by atoms with van der Waals surface area (Å²) in [5, 5.41) is 3.17. The van der Waals surface area contributed by atoms with Crippen molar-refractivity contribution in [3.8, 4) is 0 Å². The minimum atomic E-state index is -2.94. The van der Waals surface area contributed by atoms with Crippen LogP contribution >= 0.6 is 0 Å². The average Bonchev–Trinajstić information content (AvgIpc) is 2.58. The van der Waals surface area contributed by atoms with Gasteiger partial charge in [0.05, 0.1) is 17.5 Å². The maximum absolute atomic E-state index is 11.5. The van der Waals surface area contributed by atoms with E-state index in [0.717, 1.165) is 12.1 Å². The van der Waals surface area contributed by atoms with Crippen molar-refractivity contribution in [2.24, 2.45) is 0 Å². The molecule has 0 bridgehead atoms. The maximum atomic E-state index is 11.5. The fourth-order valence-corrected chi connectivity index (χ4v) is 3.28. The highest BCUT2D eigenvalue weighted by Crippen LogP contribution is 2.22. The highest BCUT2D eigenvalue weighted by Gasteiger charge is 2.29. The Morgan fingerprint density at radius 3 is 2.88 bits per heavy atom. The van der Waals surface area contributed by atoms with Crippen LogP contribution in [0.5, 0.6) is 0 Å². The highest BCUT2D eigenvalue weighted by molar-refractivity contribution is 7.91. The quantitative estimate of drug-likeness (QED) is 0.825. The largest absolute Gasteiger partial charge is 0.446 e. The molecule has 1 fully saturated rings. The molecule has 0 radical (unpaired) electrons. The molecule has 1 aromatic rings. The zero-order valence-electron chi connectivity index (χ0n) is 9.49. The van der Waals surface area contributed by atoms with E-state index in [9.17, 15) is 8.42 Å². The molecule has 1 aromatic heterocycles. The predicted octanol–water partition coefficient (Wildman–Crippen LogP) is 0.605. The van der Waals surface area contributed by atoms with Gasteiger partial charge in [-0.25, -0.2) is 13.4 Å². The predicted molar refractivity (Wildman–Crippen MR) is 60.0 cm³/mol. The Hall–Kier alpha value is -0.880. The molecule has 1 saturated heterocycles. The summed E-state index contributed by atoms with van der Waals surface area (Å²) in [5.74, 6) is 1.70. The van der Waals surface area contributed by atoms with E-state index in [2.05, 4.69) is 10.3 Å². The molecule has 1 N–H and O–H groups in total. The van der Waals surface area contributed by atoms with Gasteiger partial charge in [0.1, 0.15) is 11.5 Å². The number of aromatic nitrogens is 1. The summed E-state index contributed by atoms with van der Waals surface area (Å²) in [7, 11) is -2.94. The Labute approximate surface area is 95.2 Å². The molecule has 0 spiro atoms. The Balaban J connectivity index is 2.26. The molecule has 5 nitrogen and oxygen atoms in total. The van der Waals surface area contributed by atoms with Crippen molar-refractivity contribution in [2.45, 2.75) is 26.3 Å². The molecule has 16 heavy (non-hydrogen) atoms. The minimum absolute atomic E-state index is 0.115. The van der Waals surface area contributed by atoms with Crippen molar-refractivity contribution in [3.05, 3.63) is 17.3 Å². The fraction of sp³-hybridized carbons (Fsp3) is 0.700. The first kappa shape index (κ1) is 11.6. The van der Waals surface area contributed by atoms with Crippen LogP contribution in [0, 0.1) is 6.92 Å². The van der Waals surface area contributed by atoms with Gasteiger partial charge in [0.2, 0.25) is 0 Å². The molecule has 1 atom stereocenters. The Morgan fingerprint density at radius 2 is 2.31 bits per heavy atom. The lowest BCUT2D eigenvalue weighted by molar-refractivity contribution is 0.471. The monoisotopic (exact) mass is 244 g/mol. The van der Waals surface area contributed by atoms with E-state index < -0.39 is 9.84 Å². The molecular formula is C10H16N2O3S. The van der Waals surface area contributed by atoms with E-state index in [0.29, 0.717) is 18.2 Å². The average molecular weight is 244 g/mol. The highest BCUT2D eigenvalue weighted by atomic mass is 32.2. The van der Waals surface area contributed by atoms with Crippen LogP contribution in [0.2, 0.25) is 0 Å². The first-order chi connectivity index (χ1) is 7.52. The van der Waals surface area contributed by atoms with Crippen LogP contribution in [0.4, 0.5) is 0 Å². The van der Waals surface area contributed by atoms with Gasteiger partial charge in [-0.1, -0.05) is 6.92 Å². The van der Waals surface area contributed by atoms with Crippen molar-refractivity contribution in [3.63, 3.8) is 0 Å². The summed E-state index contributed by atoms with van der Waals surface area (Å²) in [6.07, 6.45) is 0.723. The Morgan fingerprint density at radius 1 is 1.56 bits per heavy atom. The molecule has 0 aliphatic carbocycles. The number of nitrogens with one attached hydrogen (secondary N) is 1. The van der Waals surface area contributed by atoms with Gasteiger partial charge in [0, 0.05) is 13.0 Å². The summed E-state index contributed by atoms with van der Waals surface area (Å²) >= 11 is 0. The van der Waals surface area contributed by atoms with Gasteiger partial charge in [0.15, 0.2) is 15.7 Å². The number of nitrogens with zero attached hydrogens (tertiary/aromatic N) is 1. The SMILES string of the molecule is CCc1nc(C2CS(=O)(=O)CCN2)c(C)o1. The second-order valence-corrected chi connectivity index (χ2v) is 6.25. The van der Waals surface area contributed by atoms with Crippen molar-refractivity contribution < 1.29 is 12.8 Å². The van der Waals surface area contributed by atoms with Crippen LogP contribution < -0.4 is 5.32 Å². The lowest BCUT2D eigenvalue weighted by Crippen LogP contribution is -2.39. The van der Waals surface area contributed by atoms with Crippen LogP contribution in [-0.4, -0.2) is 31.5 Å². The summed E-state index contributed by atoms with van der Waals surface area (Å²) in [6, 6.07) is -0.220. The molecule has 0 aromatic carbocycles. The molecule has 2 rings (SSSR count). The third-order valence-corrected chi connectivity index (χ3v) is 4.40. The smallest absolute Gasteiger partial charge is 0.194 e. The summed E-state index contributed by atoms with van der Waals surface area (Å²) < 4.78 is 28.5. The number of hydrogen-bond donors (Lipinski definition) is 1. The molecule has 1 aliphatic rings. The summed E-state index contributed by atoms with van der Waals surface area (Å²) in [6.45, 7) is 4.27. The molecule has 1 unspecified atom stereocenters. The van der Waals surface area contributed by atoms with Gasteiger partial charge < -0.3 is 9.73 Å². The fourth-order valence-electron chi connectivity index (χ4n) is 1.90. The standard InChI is InChI=1S/C10H16N2O3S/c1-3-9-12-10(7(2)15-9)8-6-16(13,14)5-4-11-8/h8,11H,3-6H2,1-2H3. The first-order valence-corrected chi connectivity index (χ1v) is 7.24. The topological polar surface area (TPSA) is 72.2 Å². The molecule has 2 heterocycles. The lowest BCUT2D eigenvalue weighted by atomic mass is 10.2. The van der Waals surface area contributed by atoms with Crippen LogP contribution in [0.15, 0.2) is 4.42 Å². The second kappa shape index (κ2) is 4.18. The first-order valence-electron chi connectivity index (χ1n) is 5.42. The maximum Gasteiger partial charge on any atom is 0.194 e. The second-order valence-electron chi connectivity index (χ2n) is 4.02. The molecule has 1 aliphatic heterocycles. The van der Waals surface area contributed by atoms with Crippen LogP contribution in [0.3, 0.4) is 0 Å². The van der Waals surface area contributed by atoms with E-state index in [1.807, 2.05) is 13.8 Å². The number of sulfone groups is 1. The summed E-state index contributed by atoms with van der Waals surface area (Å²) in [4.78, 5) is 4.32. The number of aryl methyl sites for hydroxylation is 2. The normalized spacial score (nSPS) is 24.5. The molecule has 0 saturated carbocycles. The van der Waals surface area contributed by atoms with Gasteiger partial charge in [-0.2, -0.15) is 0 Å². The van der Waals surface area contributed by atoms with Gasteiger partial charge in [-0.15, -0.1) is 0 Å². The van der Waals surface area contributed by atoms with E-state index in [4.69, 9.17) is 4.42 Å². The van der Waals surface area contributed by atoms with Crippen molar-refractivity contribution >= 4 is 9.84 Å². The third kappa shape index (κ3) is 2.27. The van der Waals surface area contributed by atoms with Gasteiger partial charge >= 0.3 is 0 Å². The molecular weight excluding hydrogens is 228 g/mol. The minimum Gasteiger partial charge on any atom is -0.446 e. The third-order valence-electron chi connectivity index (χ3n) is 2.73. The zero-order valence-corrected chi connectivity index (χ0v) is 10.3. The van der Waals surface area contributed by atoms with E-state index in [1.165, 1.54) is 0 Å². The van der Waals surface area contributed by atoms with E-state index >= 15 is 0 Å². The molecule has 90 valence electrons. The van der Waals surface area contributed by atoms with Gasteiger partial charge in [-0.3, -0.25) is 0 Å². The number of hydrogen-bond acceptors (Lipinski definition) is 5. The van der Waals surface area contributed by atoms with Gasteiger partial charge in [0.25, 0.3) is 0 Å². The molecule has 0 amide bonds. The van der Waals surface area contributed by atoms with Crippen molar-refractivity contribution in [1.82, 2.24) is 10.3 Å². The zero-order chi connectivity index (χ0) is 11.8. The number of oxazole rings is 1. The van der Waals surface area contributed by atoms with Gasteiger partial charge in [-0.05, 0) is 6.92 Å². The van der Waals surface area contributed by atoms with Crippen LogP contribution in [-0.2, 0) is 16.3 Å². The Kier molecular flexibility index (Phi) is 3.03. The van der Waals surface area contributed by atoms with Crippen molar-refractivity contribution in [2.75, 3.05) is 18.1 Å². The van der Waals surface area contributed by atoms with Crippen LogP contribution in [0.25, 0.3) is 0 Å². The van der Waals surface area contributed by atoms with Crippen LogP contribution in [0.1, 0.15) is 30.3 Å². The number of rotatable bonds is 2. The molecule has 6 heteroatoms. The van der Waals surface area contributed by atoms with Crippen molar-refractivity contribution in [1.29, 1.82) is 0 Å². The Bertz CT molecular complexity index is 478. The lowest BCUT2D eigenvalue weighted by Gasteiger charge is -2.22. The van der Waals surface area contributed by atoms with E-state index in [-0.39, 0.29) is 17.5 Å². The summed E-state index contributed by atoms with van der Waals surface area (Å²) in [5.41, 5.74) is 0.736.